The molecular weight excluding hydrogens is 242 g/mol. The van der Waals surface area contributed by atoms with Gasteiger partial charge in [0, 0.05) is 12.1 Å². The molecule has 0 spiro atoms. The maximum atomic E-state index is 13.0. The van der Waals surface area contributed by atoms with Crippen LogP contribution < -0.4 is 10.6 Å². The number of carbonyl (C=O) groups is 1. The Kier molecular flexibility index (Phi) is 3.88. The third-order valence-corrected chi connectivity index (χ3v) is 2.95. The normalized spacial score (nSPS) is 23.7. The molecular formula is C12H14F2N2O2. The minimum atomic E-state index is -1.06. The highest BCUT2D eigenvalue weighted by Crippen LogP contribution is 2.10. The number of β-amino-alcohol motifs (C(OH)–C–C–N with tert-alkyl or cyclic N) is 1. The van der Waals surface area contributed by atoms with Gasteiger partial charge in [0.15, 0.2) is 11.6 Å². The second kappa shape index (κ2) is 5.41. The second-order valence-corrected chi connectivity index (χ2v) is 4.27. The molecule has 0 radical (unpaired) electrons. The number of benzene rings is 1. The van der Waals surface area contributed by atoms with E-state index in [4.69, 9.17) is 0 Å². The maximum absolute atomic E-state index is 13.0. The van der Waals surface area contributed by atoms with Crippen LogP contribution in [-0.2, 0) is 0 Å². The first-order chi connectivity index (χ1) is 8.58. The fourth-order valence-corrected chi connectivity index (χ4v) is 1.90. The van der Waals surface area contributed by atoms with Gasteiger partial charge in [-0.05, 0) is 31.2 Å². The van der Waals surface area contributed by atoms with Crippen molar-refractivity contribution < 1.29 is 18.7 Å². The lowest BCUT2D eigenvalue weighted by atomic mass is 10.0. The van der Waals surface area contributed by atoms with E-state index < -0.39 is 23.6 Å². The van der Waals surface area contributed by atoms with Crippen LogP contribution in [0, 0.1) is 11.6 Å². The van der Waals surface area contributed by atoms with E-state index in [-0.39, 0.29) is 11.6 Å². The Balaban J connectivity index is 2.04. The van der Waals surface area contributed by atoms with Crippen molar-refractivity contribution in [3.8, 4) is 0 Å². The molecule has 1 amide bonds. The Morgan fingerprint density at radius 2 is 2.17 bits per heavy atom. The Bertz CT molecular complexity index is 454. The van der Waals surface area contributed by atoms with Gasteiger partial charge in [0.2, 0.25) is 0 Å². The number of halogens is 2. The summed E-state index contributed by atoms with van der Waals surface area (Å²) in [5, 5.41) is 15.2. The fraction of sp³-hybridized carbons (Fsp3) is 0.417. The van der Waals surface area contributed by atoms with Gasteiger partial charge < -0.3 is 15.7 Å². The summed E-state index contributed by atoms with van der Waals surface area (Å²) in [4.78, 5) is 11.8. The van der Waals surface area contributed by atoms with Crippen LogP contribution in [0.3, 0.4) is 0 Å². The molecule has 1 aromatic carbocycles. The molecule has 0 aliphatic carbocycles. The van der Waals surface area contributed by atoms with Crippen LogP contribution >= 0.6 is 0 Å². The zero-order chi connectivity index (χ0) is 13.1. The summed E-state index contributed by atoms with van der Waals surface area (Å²) in [6, 6.07) is 2.59. The summed E-state index contributed by atoms with van der Waals surface area (Å²) in [6.45, 7) is 1.10. The number of piperidine rings is 1. The number of aliphatic hydroxyl groups is 1. The summed E-state index contributed by atoms with van der Waals surface area (Å²) < 4.78 is 25.7. The first-order valence-corrected chi connectivity index (χ1v) is 5.72. The zero-order valence-corrected chi connectivity index (χ0v) is 9.62. The molecule has 1 aliphatic rings. The Labute approximate surface area is 103 Å². The summed E-state index contributed by atoms with van der Waals surface area (Å²) >= 11 is 0. The molecule has 18 heavy (non-hydrogen) atoms. The van der Waals surface area contributed by atoms with Gasteiger partial charge in [0.1, 0.15) is 0 Å². The summed E-state index contributed by atoms with van der Waals surface area (Å²) in [7, 11) is 0. The van der Waals surface area contributed by atoms with Gasteiger partial charge in [-0.25, -0.2) is 8.78 Å². The average molecular weight is 256 g/mol. The van der Waals surface area contributed by atoms with Gasteiger partial charge in [0.25, 0.3) is 5.91 Å². The van der Waals surface area contributed by atoms with Crippen molar-refractivity contribution in [2.45, 2.75) is 18.6 Å². The standard InChI is InChI=1S/C12H14F2N2O2/c13-8-2-1-7(5-9(8)14)12(18)16-10-3-4-15-6-11(10)17/h1-2,5,10-11,15,17H,3-4,6H2,(H,16,18). The minimum absolute atomic E-state index is 0.0413. The predicted octanol–water partition coefficient (Wildman–Crippen LogP) is 0.417. The molecule has 0 aromatic heterocycles. The van der Waals surface area contributed by atoms with Crippen molar-refractivity contribution >= 4 is 5.91 Å². The van der Waals surface area contributed by atoms with Crippen LogP contribution in [0.2, 0.25) is 0 Å². The highest BCUT2D eigenvalue weighted by molar-refractivity contribution is 5.94. The van der Waals surface area contributed by atoms with Crippen LogP contribution in [0.5, 0.6) is 0 Å². The van der Waals surface area contributed by atoms with E-state index >= 15 is 0 Å². The molecule has 2 atom stereocenters. The number of carbonyl (C=O) groups excluding carboxylic acids is 1. The summed E-state index contributed by atoms with van der Waals surface area (Å²) in [6.07, 6.45) is -0.0793. The lowest BCUT2D eigenvalue weighted by Crippen LogP contribution is -2.52. The summed E-state index contributed by atoms with van der Waals surface area (Å²) in [5.74, 6) is -2.57. The molecule has 0 saturated carbocycles. The van der Waals surface area contributed by atoms with Gasteiger partial charge in [-0.15, -0.1) is 0 Å². The molecule has 0 bridgehead atoms. The van der Waals surface area contributed by atoms with Crippen molar-refractivity contribution in [3.63, 3.8) is 0 Å². The molecule has 4 nitrogen and oxygen atoms in total. The van der Waals surface area contributed by atoms with Crippen LogP contribution in [-0.4, -0.2) is 36.2 Å². The Morgan fingerprint density at radius 1 is 1.39 bits per heavy atom. The van der Waals surface area contributed by atoms with Gasteiger partial charge in [-0.1, -0.05) is 0 Å². The van der Waals surface area contributed by atoms with Crippen LogP contribution in [0.1, 0.15) is 16.8 Å². The molecule has 98 valence electrons. The maximum Gasteiger partial charge on any atom is 0.251 e. The molecule has 2 rings (SSSR count). The van der Waals surface area contributed by atoms with E-state index in [0.717, 1.165) is 12.1 Å². The third-order valence-electron chi connectivity index (χ3n) is 2.95. The van der Waals surface area contributed by atoms with E-state index in [9.17, 15) is 18.7 Å². The van der Waals surface area contributed by atoms with Crippen molar-refractivity contribution in [3.05, 3.63) is 35.4 Å². The SMILES string of the molecule is O=C(NC1CCNCC1O)c1ccc(F)c(F)c1. The topological polar surface area (TPSA) is 61.4 Å². The van der Waals surface area contributed by atoms with E-state index in [0.29, 0.717) is 19.5 Å². The van der Waals surface area contributed by atoms with E-state index in [1.165, 1.54) is 6.07 Å². The summed E-state index contributed by atoms with van der Waals surface area (Å²) in [5.41, 5.74) is 0.0413. The largest absolute Gasteiger partial charge is 0.390 e. The first kappa shape index (κ1) is 12.9. The number of hydrogen-bond donors (Lipinski definition) is 3. The van der Waals surface area contributed by atoms with Crippen molar-refractivity contribution in [2.24, 2.45) is 0 Å². The van der Waals surface area contributed by atoms with Crippen LogP contribution in [0.25, 0.3) is 0 Å². The molecule has 1 aromatic rings. The van der Waals surface area contributed by atoms with Crippen LogP contribution in [0.4, 0.5) is 8.78 Å². The number of amides is 1. The Morgan fingerprint density at radius 3 is 2.83 bits per heavy atom. The minimum Gasteiger partial charge on any atom is -0.390 e. The molecule has 1 saturated heterocycles. The fourth-order valence-electron chi connectivity index (χ4n) is 1.90. The molecule has 1 fully saturated rings. The van der Waals surface area contributed by atoms with Gasteiger partial charge >= 0.3 is 0 Å². The van der Waals surface area contributed by atoms with Gasteiger partial charge in [-0.3, -0.25) is 4.79 Å². The molecule has 1 heterocycles. The van der Waals surface area contributed by atoms with Crippen molar-refractivity contribution in [1.82, 2.24) is 10.6 Å². The molecule has 3 N–H and O–H groups in total. The molecule has 1 aliphatic heterocycles. The van der Waals surface area contributed by atoms with Crippen LogP contribution in [0.15, 0.2) is 18.2 Å². The first-order valence-electron chi connectivity index (χ1n) is 5.72. The lowest BCUT2D eigenvalue weighted by molar-refractivity contribution is 0.0765. The molecule has 2 unspecified atom stereocenters. The van der Waals surface area contributed by atoms with E-state index in [1.54, 1.807) is 0 Å². The second-order valence-electron chi connectivity index (χ2n) is 4.27. The van der Waals surface area contributed by atoms with Crippen molar-refractivity contribution in [1.29, 1.82) is 0 Å². The number of aliphatic hydroxyl groups excluding tert-OH is 1. The third kappa shape index (κ3) is 2.83. The molecule has 6 heteroatoms. The van der Waals surface area contributed by atoms with E-state index in [1.807, 2.05) is 0 Å². The number of nitrogens with one attached hydrogen (secondary N) is 2. The quantitative estimate of drug-likeness (QED) is 0.718. The zero-order valence-electron chi connectivity index (χ0n) is 9.62. The number of hydrogen-bond acceptors (Lipinski definition) is 3. The highest BCUT2D eigenvalue weighted by atomic mass is 19.2. The smallest absolute Gasteiger partial charge is 0.251 e. The highest BCUT2D eigenvalue weighted by Gasteiger charge is 2.24. The van der Waals surface area contributed by atoms with E-state index in [2.05, 4.69) is 10.6 Å². The van der Waals surface area contributed by atoms with Gasteiger partial charge in [0.05, 0.1) is 12.1 Å². The number of rotatable bonds is 2. The monoisotopic (exact) mass is 256 g/mol. The predicted molar refractivity (Wildman–Crippen MR) is 61.1 cm³/mol. The lowest BCUT2D eigenvalue weighted by Gasteiger charge is -2.29. The average Bonchev–Trinajstić information content (AvgIpc) is 2.35. The van der Waals surface area contributed by atoms with Crippen molar-refractivity contribution in [2.75, 3.05) is 13.1 Å². The van der Waals surface area contributed by atoms with Gasteiger partial charge in [-0.2, -0.15) is 0 Å². The Hall–Kier alpha value is -1.53.